The number of rotatable bonds is 6. The van der Waals surface area contributed by atoms with Crippen LogP contribution in [0.4, 0.5) is 14.5 Å². The first-order valence-corrected chi connectivity index (χ1v) is 7.98. The van der Waals surface area contributed by atoms with Crippen molar-refractivity contribution in [2.75, 3.05) is 5.32 Å². The monoisotopic (exact) mass is 357 g/mol. The van der Waals surface area contributed by atoms with Gasteiger partial charge in [0.2, 0.25) is 0 Å². The lowest BCUT2D eigenvalue weighted by molar-refractivity contribution is -0.122. The summed E-state index contributed by atoms with van der Waals surface area (Å²) in [4.78, 5) is 12.5. The van der Waals surface area contributed by atoms with Crippen LogP contribution in [0.15, 0.2) is 53.4 Å². The topological polar surface area (TPSA) is 38.3 Å². The highest BCUT2D eigenvalue weighted by molar-refractivity contribution is 7.99. The van der Waals surface area contributed by atoms with Gasteiger partial charge in [-0.1, -0.05) is 29.4 Å². The van der Waals surface area contributed by atoms with E-state index in [1.54, 1.807) is 43.3 Å². The molecule has 122 valence electrons. The van der Waals surface area contributed by atoms with Crippen LogP contribution >= 0.6 is 23.4 Å². The van der Waals surface area contributed by atoms with Gasteiger partial charge >= 0.3 is 0 Å². The summed E-state index contributed by atoms with van der Waals surface area (Å²) in [7, 11) is 0. The maximum absolute atomic E-state index is 12.2. The van der Waals surface area contributed by atoms with Crippen molar-refractivity contribution in [3.05, 3.63) is 53.6 Å². The van der Waals surface area contributed by atoms with Crippen LogP contribution in [0.2, 0.25) is 5.02 Å². The Hall–Kier alpha value is -1.79. The minimum absolute atomic E-state index is 0.348. The average molecular weight is 358 g/mol. The maximum Gasteiger partial charge on any atom is 0.288 e. The van der Waals surface area contributed by atoms with Gasteiger partial charge in [-0.2, -0.15) is 8.78 Å². The lowest BCUT2D eigenvalue weighted by atomic mass is 10.3. The van der Waals surface area contributed by atoms with Crippen molar-refractivity contribution < 1.29 is 18.3 Å². The summed E-state index contributed by atoms with van der Waals surface area (Å²) in [6, 6.07) is 12.9. The highest BCUT2D eigenvalue weighted by atomic mass is 35.5. The van der Waals surface area contributed by atoms with Crippen LogP contribution in [0, 0.1) is 0 Å². The van der Waals surface area contributed by atoms with E-state index in [4.69, 9.17) is 16.3 Å². The Kier molecular flexibility index (Phi) is 6.24. The molecular formula is C16H14ClF2NO2S. The summed E-state index contributed by atoms with van der Waals surface area (Å²) in [5, 5.41) is 3.18. The zero-order valence-electron chi connectivity index (χ0n) is 12.1. The van der Waals surface area contributed by atoms with Crippen LogP contribution in [-0.4, -0.2) is 17.8 Å². The van der Waals surface area contributed by atoms with Gasteiger partial charge in [0, 0.05) is 15.6 Å². The molecule has 1 atom stereocenters. The minimum Gasteiger partial charge on any atom is -0.481 e. The van der Waals surface area contributed by atoms with E-state index in [-0.39, 0.29) is 5.91 Å². The van der Waals surface area contributed by atoms with Crippen molar-refractivity contribution in [1.82, 2.24) is 0 Å². The molecule has 23 heavy (non-hydrogen) atoms. The third kappa shape index (κ3) is 5.73. The van der Waals surface area contributed by atoms with E-state index < -0.39 is 11.9 Å². The number of anilines is 1. The van der Waals surface area contributed by atoms with Crippen LogP contribution in [0.5, 0.6) is 5.75 Å². The van der Waals surface area contributed by atoms with Gasteiger partial charge in [0.1, 0.15) is 5.75 Å². The molecule has 7 heteroatoms. The summed E-state index contributed by atoms with van der Waals surface area (Å²) >= 11 is 6.30. The van der Waals surface area contributed by atoms with Crippen LogP contribution in [0.1, 0.15) is 6.92 Å². The highest BCUT2D eigenvalue weighted by Gasteiger charge is 2.15. The first kappa shape index (κ1) is 17.6. The predicted octanol–water partition coefficient (Wildman–Crippen LogP) is 5.06. The van der Waals surface area contributed by atoms with E-state index in [0.717, 1.165) is 0 Å². The van der Waals surface area contributed by atoms with Crippen LogP contribution in [0.25, 0.3) is 0 Å². The first-order valence-electron chi connectivity index (χ1n) is 6.72. The van der Waals surface area contributed by atoms with Crippen LogP contribution in [0.3, 0.4) is 0 Å². The van der Waals surface area contributed by atoms with Gasteiger partial charge in [0.15, 0.2) is 6.10 Å². The number of hydrogen-bond acceptors (Lipinski definition) is 3. The molecule has 0 bridgehead atoms. The Morgan fingerprint density at radius 1 is 1.22 bits per heavy atom. The normalized spacial score (nSPS) is 12.0. The van der Waals surface area contributed by atoms with E-state index in [2.05, 4.69) is 5.32 Å². The van der Waals surface area contributed by atoms with Crippen molar-refractivity contribution in [3.8, 4) is 5.75 Å². The Morgan fingerprint density at radius 3 is 2.52 bits per heavy atom. The second-order valence-corrected chi connectivity index (χ2v) is 6.11. The van der Waals surface area contributed by atoms with E-state index in [1.807, 2.05) is 0 Å². The summed E-state index contributed by atoms with van der Waals surface area (Å²) < 4.78 is 30.0. The lowest BCUT2D eigenvalue weighted by Crippen LogP contribution is -2.30. The molecule has 0 saturated heterocycles. The smallest absolute Gasteiger partial charge is 0.288 e. The predicted molar refractivity (Wildman–Crippen MR) is 88.5 cm³/mol. The summed E-state index contributed by atoms with van der Waals surface area (Å²) in [6.07, 6.45) is -0.733. The number of alkyl halides is 2. The van der Waals surface area contributed by atoms with Crippen molar-refractivity contribution in [2.45, 2.75) is 23.7 Å². The molecule has 2 rings (SSSR count). The summed E-state index contributed by atoms with van der Waals surface area (Å²) in [5.41, 5.74) is 0.509. The molecule has 2 aromatic rings. The summed E-state index contributed by atoms with van der Waals surface area (Å²) in [6.45, 7) is 1.61. The average Bonchev–Trinajstić information content (AvgIpc) is 2.48. The molecule has 0 aliphatic heterocycles. The molecular weight excluding hydrogens is 344 g/mol. The molecule has 1 amide bonds. The van der Waals surface area contributed by atoms with E-state index in [0.29, 0.717) is 33.1 Å². The molecule has 0 unspecified atom stereocenters. The number of benzene rings is 2. The Morgan fingerprint density at radius 2 is 1.91 bits per heavy atom. The van der Waals surface area contributed by atoms with E-state index >= 15 is 0 Å². The molecule has 0 aliphatic carbocycles. The Labute approximate surface area is 142 Å². The third-order valence-corrected chi connectivity index (χ3v) is 3.78. The molecule has 1 N–H and O–H groups in total. The molecule has 0 heterocycles. The quantitative estimate of drug-likeness (QED) is 0.734. The number of halogens is 3. The van der Waals surface area contributed by atoms with Gasteiger partial charge in [0.05, 0.1) is 0 Å². The van der Waals surface area contributed by atoms with E-state index in [1.165, 1.54) is 12.1 Å². The summed E-state index contributed by atoms with van der Waals surface area (Å²) in [5.74, 6) is -2.33. The number of ether oxygens (including phenoxy) is 1. The van der Waals surface area contributed by atoms with Crippen molar-refractivity contribution in [2.24, 2.45) is 0 Å². The number of amides is 1. The molecule has 0 fully saturated rings. The van der Waals surface area contributed by atoms with Crippen molar-refractivity contribution in [3.63, 3.8) is 0 Å². The van der Waals surface area contributed by atoms with E-state index in [9.17, 15) is 13.6 Å². The molecule has 3 nitrogen and oxygen atoms in total. The zero-order valence-corrected chi connectivity index (χ0v) is 13.7. The van der Waals surface area contributed by atoms with Crippen LogP contribution in [-0.2, 0) is 4.79 Å². The molecule has 0 aliphatic rings. The number of thioether (sulfide) groups is 1. The third-order valence-electron chi connectivity index (χ3n) is 2.83. The fraction of sp³-hybridized carbons (Fsp3) is 0.188. The van der Waals surface area contributed by atoms with Gasteiger partial charge in [0.25, 0.3) is 11.7 Å². The molecule has 0 aromatic heterocycles. The second-order valence-electron chi connectivity index (χ2n) is 4.61. The van der Waals surface area contributed by atoms with Crippen molar-refractivity contribution >= 4 is 35.0 Å². The van der Waals surface area contributed by atoms with Gasteiger partial charge < -0.3 is 10.1 Å². The lowest BCUT2D eigenvalue weighted by Gasteiger charge is -2.15. The van der Waals surface area contributed by atoms with Crippen molar-refractivity contribution in [1.29, 1.82) is 0 Å². The Balaban J connectivity index is 1.92. The van der Waals surface area contributed by atoms with Gasteiger partial charge in [-0.05, 0) is 49.4 Å². The van der Waals surface area contributed by atoms with Crippen LogP contribution < -0.4 is 10.1 Å². The molecule has 0 spiro atoms. The SMILES string of the molecule is C[C@H](Oc1cccc(Cl)c1)C(=O)Nc1ccc(SC(F)F)cc1. The molecule has 2 aromatic carbocycles. The molecule has 0 radical (unpaired) electrons. The van der Waals surface area contributed by atoms with Gasteiger partial charge in [-0.3, -0.25) is 4.79 Å². The number of hydrogen-bond donors (Lipinski definition) is 1. The fourth-order valence-electron chi connectivity index (χ4n) is 1.76. The standard InChI is InChI=1S/C16H14ClF2NO2S/c1-10(22-13-4-2-3-11(17)9-13)15(21)20-12-5-7-14(8-6-12)23-16(18)19/h2-10,16H,1H3,(H,20,21)/t10-/m0/s1. The zero-order chi connectivity index (χ0) is 16.8. The second kappa shape index (κ2) is 8.17. The largest absolute Gasteiger partial charge is 0.481 e. The first-order chi connectivity index (χ1) is 10.9. The molecule has 0 saturated carbocycles. The number of carbonyl (C=O) groups is 1. The van der Waals surface area contributed by atoms with Gasteiger partial charge in [-0.15, -0.1) is 0 Å². The highest BCUT2D eigenvalue weighted by Crippen LogP contribution is 2.26. The number of nitrogens with one attached hydrogen (secondary N) is 1. The minimum atomic E-state index is -2.47. The Bertz CT molecular complexity index is 667. The van der Waals surface area contributed by atoms with Gasteiger partial charge in [-0.25, -0.2) is 0 Å². The number of carbonyl (C=O) groups excluding carboxylic acids is 1. The maximum atomic E-state index is 12.2. The fourth-order valence-corrected chi connectivity index (χ4v) is 2.44.